The number of anilines is 9. The maximum Gasteiger partial charge on any atom is 0.256 e. The smallest absolute Gasteiger partial charge is 0.256 e. The summed E-state index contributed by atoms with van der Waals surface area (Å²) in [5.41, 5.74) is 25.4. The van der Waals surface area contributed by atoms with Crippen LogP contribution in [0.15, 0.2) is 200 Å². The Hall–Kier alpha value is -8.74. The summed E-state index contributed by atoms with van der Waals surface area (Å²) in [4.78, 5) is 7.49. The summed E-state index contributed by atoms with van der Waals surface area (Å²) in [5.74, 6) is 5.03. The minimum Gasteiger partial charge on any atom is -0.458 e. The first kappa shape index (κ1) is 36.3. The van der Waals surface area contributed by atoms with Gasteiger partial charge >= 0.3 is 0 Å². The minimum absolute atomic E-state index is 0.0109. The monoisotopic (exact) mass is 887 g/mol. The standard InChI is InChI=1S/C60H33B4N3O3/c1-2-16-34(17-3-1)65-43-24-10-4-18-35(43)61-36-19-5-11-25-44(36)66-46-27-13-7-21-38(46)63-41-30-42-51(32-50(41)69-52-31-48(65)55(61)59(66)56(52)63)70-54-33-53-57-60-58(54)64(42)39-22-8-14-28-47(39)67(60)45-26-12-6-20-37(45)62(57)40-23-9-15-29-49(40)68-53/h1-33H. The molecular formula is C60H33B4N3O3. The molecule has 10 aromatic rings. The van der Waals surface area contributed by atoms with Crippen molar-refractivity contribution in [2.24, 2.45) is 0 Å². The lowest BCUT2D eigenvalue weighted by atomic mass is 9.27. The van der Waals surface area contributed by atoms with Gasteiger partial charge in [0.15, 0.2) is 0 Å². The molecule has 0 bridgehead atoms. The van der Waals surface area contributed by atoms with E-state index in [1.807, 2.05) is 0 Å². The number of ether oxygens (including phenoxy) is 3. The maximum atomic E-state index is 7.45. The fraction of sp³-hybridized carbons (Fsp3) is 0. The third-order valence-corrected chi connectivity index (χ3v) is 16.6. The Balaban J connectivity index is 0.905. The Labute approximate surface area is 405 Å². The van der Waals surface area contributed by atoms with Crippen molar-refractivity contribution >= 4 is 144 Å². The molecule has 70 heavy (non-hydrogen) atoms. The predicted octanol–water partition coefficient (Wildman–Crippen LogP) is 6.04. The van der Waals surface area contributed by atoms with Crippen LogP contribution in [-0.4, -0.2) is 26.9 Å². The van der Waals surface area contributed by atoms with Crippen molar-refractivity contribution in [2.45, 2.75) is 0 Å². The van der Waals surface area contributed by atoms with Crippen LogP contribution in [0, 0.1) is 0 Å². The van der Waals surface area contributed by atoms with Crippen molar-refractivity contribution in [3.8, 4) is 34.5 Å². The van der Waals surface area contributed by atoms with Gasteiger partial charge in [-0.15, -0.1) is 0 Å². The summed E-state index contributed by atoms with van der Waals surface area (Å²) in [6.45, 7) is -0.179. The fourth-order valence-electron chi connectivity index (χ4n) is 14.1. The second-order valence-corrected chi connectivity index (χ2v) is 19.8. The molecule has 0 aromatic heterocycles. The SMILES string of the molecule is c1ccc(N2c3ccccc3B3c4ccccc4N4c5ccccc5B5c6cc7c(cc6Oc6cc2c3c4c65)Oc2cc3c4c5c2B7c2ccccc2N5c2ccccc2B4c2ccccc2O3)cc1. The number of fused-ring (bicyclic) bond motifs is 20. The topological polar surface area (TPSA) is 37.4 Å². The molecule has 0 amide bonds. The zero-order chi connectivity index (χ0) is 45.1. The van der Waals surface area contributed by atoms with Crippen LogP contribution in [0.25, 0.3) is 0 Å². The molecule has 10 aromatic carbocycles. The summed E-state index contributed by atoms with van der Waals surface area (Å²) < 4.78 is 21.7. The first-order valence-electron chi connectivity index (χ1n) is 24.4. The molecule has 318 valence electrons. The second kappa shape index (κ2) is 12.7. The summed E-state index contributed by atoms with van der Waals surface area (Å²) in [6.07, 6.45) is 0. The molecule has 0 aliphatic carbocycles. The third kappa shape index (κ3) is 4.26. The zero-order valence-electron chi connectivity index (χ0n) is 37.4. The Morgan fingerprint density at radius 3 is 1.11 bits per heavy atom. The molecule has 6 nitrogen and oxygen atoms in total. The van der Waals surface area contributed by atoms with Gasteiger partial charge in [-0.05, 0) is 114 Å². The van der Waals surface area contributed by atoms with Crippen molar-refractivity contribution in [1.29, 1.82) is 0 Å². The first-order chi connectivity index (χ1) is 34.8. The quantitative estimate of drug-likeness (QED) is 0.187. The number of benzene rings is 10. The van der Waals surface area contributed by atoms with Crippen molar-refractivity contribution in [1.82, 2.24) is 0 Å². The molecule has 8 aliphatic heterocycles. The first-order valence-corrected chi connectivity index (χ1v) is 24.4. The Morgan fingerprint density at radius 2 is 0.600 bits per heavy atom. The van der Waals surface area contributed by atoms with Gasteiger partial charge in [0.1, 0.15) is 34.5 Å². The van der Waals surface area contributed by atoms with Crippen LogP contribution >= 0.6 is 0 Å². The second-order valence-electron chi connectivity index (χ2n) is 19.8. The van der Waals surface area contributed by atoms with E-state index in [0.717, 1.165) is 56.8 Å². The van der Waals surface area contributed by atoms with E-state index >= 15 is 0 Å². The lowest BCUT2D eigenvalue weighted by Crippen LogP contribution is -2.69. The molecule has 0 atom stereocenters. The summed E-state index contributed by atoms with van der Waals surface area (Å²) in [5, 5.41) is 0. The highest BCUT2D eigenvalue weighted by molar-refractivity contribution is 7.06. The molecule has 0 saturated carbocycles. The summed E-state index contributed by atoms with van der Waals surface area (Å²) >= 11 is 0. The number of hydrogen-bond acceptors (Lipinski definition) is 6. The molecule has 0 unspecified atom stereocenters. The van der Waals surface area contributed by atoms with E-state index in [4.69, 9.17) is 14.2 Å². The van der Waals surface area contributed by atoms with E-state index in [1.54, 1.807) is 0 Å². The molecule has 0 saturated heterocycles. The van der Waals surface area contributed by atoms with Crippen LogP contribution in [0.2, 0.25) is 0 Å². The third-order valence-electron chi connectivity index (χ3n) is 16.6. The number of para-hydroxylation sites is 7. The number of rotatable bonds is 1. The lowest BCUT2D eigenvalue weighted by Gasteiger charge is -2.49. The molecule has 10 heteroatoms. The molecule has 8 heterocycles. The van der Waals surface area contributed by atoms with Crippen LogP contribution in [0.5, 0.6) is 34.5 Å². The van der Waals surface area contributed by atoms with E-state index in [0.29, 0.717) is 0 Å². The van der Waals surface area contributed by atoms with Gasteiger partial charge in [0.2, 0.25) is 0 Å². The average molecular weight is 887 g/mol. The predicted molar refractivity (Wildman–Crippen MR) is 289 cm³/mol. The molecule has 0 spiro atoms. The van der Waals surface area contributed by atoms with Gasteiger partial charge in [-0.1, -0.05) is 133 Å². The van der Waals surface area contributed by atoms with Gasteiger partial charge in [-0.2, -0.15) is 0 Å². The summed E-state index contributed by atoms with van der Waals surface area (Å²) in [6, 6.07) is 73.4. The highest BCUT2D eigenvalue weighted by atomic mass is 16.5. The minimum atomic E-state index is -0.107. The van der Waals surface area contributed by atoms with Crippen molar-refractivity contribution in [2.75, 3.05) is 14.7 Å². The van der Waals surface area contributed by atoms with Gasteiger partial charge in [-0.25, -0.2) is 0 Å². The molecule has 0 fully saturated rings. The molecular weight excluding hydrogens is 854 g/mol. The van der Waals surface area contributed by atoms with Crippen LogP contribution in [0.3, 0.4) is 0 Å². The molecule has 0 radical (unpaired) electrons. The fourth-order valence-corrected chi connectivity index (χ4v) is 14.1. The van der Waals surface area contributed by atoms with Gasteiger partial charge in [-0.3, -0.25) is 0 Å². The Bertz CT molecular complexity index is 4080. The van der Waals surface area contributed by atoms with E-state index in [9.17, 15) is 0 Å². The normalized spacial score (nSPS) is 15.0. The van der Waals surface area contributed by atoms with Crippen LogP contribution in [-0.2, 0) is 0 Å². The van der Waals surface area contributed by atoms with E-state index < -0.39 is 0 Å². The van der Waals surface area contributed by atoms with Crippen molar-refractivity contribution < 1.29 is 14.2 Å². The van der Waals surface area contributed by atoms with Crippen molar-refractivity contribution in [3.63, 3.8) is 0 Å². The van der Waals surface area contributed by atoms with Gasteiger partial charge in [0, 0.05) is 69.4 Å². The average Bonchev–Trinajstić information content (AvgIpc) is 3.42. The Kier molecular flexibility index (Phi) is 6.57. The zero-order valence-corrected chi connectivity index (χ0v) is 37.4. The number of nitrogens with zero attached hydrogens (tertiary/aromatic N) is 3. The van der Waals surface area contributed by atoms with Gasteiger partial charge < -0.3 is 28.9 Å². The molecule has 0 N–H and O–H groups in total. The van der Waals surface area contributed by atoms with Crippen molar-refractivity contribution in [3.05, 3.63) is 200 Å². The molecule has 18 rings (SSSR count). The van der Waals surface area contributed by atoms with E-state index in [1.165, 1.54) is 94.4 Å². The highest BCUT2D eigenvalue weighted by Crippen LogP contribution is 2.50. The van der Waals surface area contributed by atoms with E-state index in [-0.39, 0.29) is 26.9 Å². The Morgan fingerprint density at radius 1 is 0.243 bits per heavy atom. The largest absolute Gasteiger partial charge is 0.458 e. The molecule has 8 aliphatic rings. The van der Waals surface area contributed by atoms with Crippen LogP contribution in [0.4, 0.5) is 51.2 Å². The van der Waals surface area contributed by atoms with Gasteiger partial charge in [0.05, 0.1) is 0 Å². The van der Waals surface area contributed by atoms with Crippen LogP contribution in [0.1, 0.15) is 0 Å². The van der Waals surface area contributed by atoms with E-state index in [2.05, 4.69) is 215 Å². The number of hydrogen-bond donors (Lipinski definition) is 0. The summed E-state index contributed by atoms with van der Waals surface area (Å²) in [7, 11) is 0. The lowest BCUT2D eigenvalue weighted by molar-refractivity contribution is 0.457. The highest BCUT2D eigenvalue weighted by Gasteiger charge is 2.54. The van der Waals surface area contributed by atoms with Crippen LogP contribution < -0.4 is 94.5 Å². The van der Waals surface area contributed by atoms with Gasteiger partial charge in [0.25, 0.3) is 26.9 Å². The maximum absolute atomic E-state index is 7.45.